The standard InChI is InChI=1S/C20H15F4N3O2/c21-16-4-6-17(7-5-16)27(19(28)15-2-1-9-25-11-15)12-14-3-8-18(26-10-14)29-13-20(22,23)24/h1-11H,12-13H2. The number of alkyl halides is 3. The molecule has 1 amide bonds. The van der Waals surface area contributed by atoms with E-state index in [9.17, 15) is 22.4 Å². The minimum Gasteiger partial charge on any atom is -0.468 e. The van der Waals surface area contributed by atoms with Crippen LogP contribution >= 0.6 is 0 Å². The van der Waals surface area contributed by atoms with Crippen LogP contribution in [0.2, 0.25) is 0 Å². The molecule has 5 nitrogen and oxygen atoms in total. The summed E-state index contributed by atoms with van der Waals surface area (Å²) in [6.07, 6.45) is -0.206. The van der Waals surface area contributed by atoms with Crippen LogP contribution in [0.3, 0.4) is 0 Å². The van der Waals surface area contributed by atoms with Crippen LogP contribution in [-0.4, -0.2) is 28.7 Å². The van der Waals surface area contributed by atoms with Crippen molar-refractivity contribution in [3.63, 3.8) is 0 Å². The van der Waals surface area contributed by atoms with Gasteiger partial charge in [0.05, 0.1) is 12.1 Å². The number of nitrogens with zero attached hydrogens (tertiary/aromatic N) is 3. The van der Waals surface area contributed by atoms with Crippen molar-refractivity contribution in [3.05, 3.63) is 84.1 Å². The number of halogens is 4. The third-order valence-electron chi connectivity index (χ3n) is 3.81. The van der Waals surface area contributed by atoms with Crippen molar-refractivity contribution < 1.29 is 27.1 Å². The van der Waals surface area contributed by atoms with E-state index < -0.39 is 18.6 Å². The summed E-state index contributed by atoms with van der Waals surface area (Å²) >= 11 is 0. The zero-order valence-electron chi connectivity index (χ0n) is 14.9. The third kappa shape index (κ3) is 5.74. The molecule has 0 radical (unpaired) electrons. The van der Waals surface area contributed by atoms with E-state index in [0.29, 0.717) is 16.8 Å². The van der Waals surface area contributed by atoms with Gasteiger partial charge in [-0.05, 0) is 42.0 Å². The van der Waals surface area contributed by atoms with Crippen molar-refractivity contribution in [2.75, 3.05) is 11.5 Å². The second-order valence-corrected chi connectivity index (χ2v) is 6.02. The molecule has 0 atom stereocenters. The lowest BCUT2D eigenvalue weighted by Gasteiger charge is -2.23. The summed E-state index contributed by atoms with van der Waals surface area (Å²) in [5, 5.41) is 0. The number of hydrogen-bond acceptors (Lipinski definition) is 4. The van der Waals surface area contributed by atoms with E-state index in [1.165, 1.54) is 59.9 Å². The number of carbonyl (C=O) groups is 1. The number of rotatable bonds is 6. The van der Waals surface area contributed by atoms with Crippen molar-refractivity contribution in [1.29, 1.82) is 0 Å². The molecule has 3 rings (SSSR count). The van der Waals surface area contributed by atoms with Crippen LogP contribution in [0.1, 0.15) is 15.9 Å². The Morgan fingerprint density at radius 3 is 2.38 bits per heavy atom. The smallest absolute Gasteiger partial charge is 0.422 e. The summed E-state index contributed by atoms with van der Waals surface area (Å²) in [5.41, 5.74) is 1.32. The predicted octanol–water partition coefficient (Wildman–Crippen LogP) is 4.40. The number of pyridine rings is 2. The summed E-state index contributed by atoms with van der Waals surface area (Å²) in [7, 11) is 0. The number of anilines is 1. The van der Waals surface area contributed by atoms with Gasteiger partial charge in [0.2, 0.25) is 5.88 Å². The summed E-state index contributed by atoms with van der Waals surface area (Å²) in [5.74, 6) is -1.00. The molecule has 0 unspecified atom stereocenters. The number of carbonyl (C=O) groups excluding carboxylic acids is 1. The van der Waals surface area contributed by atoms with Gasteiger partial charge in [-0.1, -0.05) is 6.07 Å². The van der Waals surface area contributed by atoms with Crippen LogP contribution < -0.4 is 9.64 Å². The van der Waals surface area contributed by atoms with E-state index in [-0.39, 0.29) is 18.3 Å². The molecule has 3 aromatic rings. The maximum Gasteiger partial charge on any atom is 0.422 e. The largest absolute Gasteiger partial charge is 0.468 e. The van der Waals surface area contributed by atoms with E-state index >= 15 is 0 Å². The van der Waals surface area contributed by atoms with Gasteiger partial charge in [0.15, 0.2) is 6.61 Å². The quantitative estimate of drug-likeness (QED) is 0.571. The van der Waals surface area contributed by atoms with Crippen LogP contribution in [0.15, 0.2) is 67.1 Å². The molecule has 0 aliphatic carbocycles. The van der Waals surface area contributed by atoms with Crippen LogP contribution in [0.4, 0.5) is 23.2 Å². The highest BCUT2D eigenvalue weighted by Gasteiger charge is 2.28. The molecule has 2 aromatic heterocycles. The maximum absolute atomic E-state index is 13.3. The Kier molecular flexibility index (Phi) is 6.06. The van der Waals surface area contributed by atoms with Gasteiger partial charge in [-0.25, -0.2) is 9.37 Å². The minimum atomic E-state index is -4.46. The molecule has 0 spiro atoms. The second kappa shape index (κ2) is 8.68. The molecule has 0 N–H and O–H groups in total. The predicted molar refractivity (Wildman–Crippen MR) is 96.9 cm³/mol. The molecule has 1 aromatic carbocycles. The maximum atomic E-state index is 13.3. The highest BCUT2D eigenvalue weighted by atomic mass is 19.4. The van der Waals surface area contributed by atoms with E-state index in [4.69, 9.17) is 0 Å². The molecular formula is C20H15F4N3O2. The number of aromatic nitrogens is 2. The fraction of sp³-hybridized carbons (Fsp3) is 0.150. The van der Waals surface area contributed by atoms with Crippen LogP contribution in [0.5, 0.6) is 5.88 Å². The van der Waals surface area contributed by atoms with Gasteiger partial charge in [0, 0.05) is 30.3 Å². The summed E-state index contributed by atoms with van der Waals surface area (Å²) in [4.78, 5) is 22.1. The highest BCUT2D eigenvalue weighted by molar-refractivity contribution is 6.05. The topological polar surface area (TPSA) is 55.3 Å². The average molecular weight is 405 g/mol. The highest BCUT2D eigenvalue weighted by Crippen LogP contribution is 2.22. The first kappa shape index (κ1) is 20.2. The Balaban J connectivity index is 1.81. The molecule has 0 fully saturated rings. The second-order valence-electron chi connectivity index (χ2n) is 6.02. The molecule has 2 heterocycles. The molecular weight excluding hydrogens is 390 g/mol. The lowest BCUT2D eigenvalue weighted by atomic mass is 10.2. The lowest BCUT2D eigenvalue weighted by molar-refractivity contribution is -0.154. The number of amides is 1. The van der Waals surface area contributed by atoms with Crippen molar-refractivity contribution in [2.24, 2.45) is 0 Å². The molecule has 29 heavy (non-hydrogen) atoms. The van der Waals surface area contributed by atoms with E-state index in [1.54, 1.807) is 12.1 Å². The Morgan fingerprint density at radius 2 is 1.79 bits per heavy atom. The summed E-state index contributed by atoms with van der Waals surface area (Å²) < 4.78 is 54.6. The monoisotopic (exact) mass is 405 g/mol. The minimum absolute atomic E-state index is 0.0614. The SMILES string of the molecule is O=C(c1cccnc1)N(Cc1ccc(OCC(F)(F)F)nc1)c1ccc(F)cc1. The molecule has 150 valence electrons. The van der Waals surface area contributed by atoms with Gasteiger partial charge in [-0.3, -0.25) is 9.78 Å². The molecule has 0 aliphatic rings. The summed E-state index contributed by atoms with van der Waals surface area (Å²) in [6, 6.07) is 11.4. The molecule has 9 heteroatoms. The van der Waals surface area contributed by atoms with Gasteiger partial charge < -0.3 is 9.64 Å². The molecule has 0 saturated carbocycles. The van der Waals surface area contributed by atoms with Crippen molar-refractivity contribution in [2.45, 2.75) is 12.7 Å². The van der Waals surface area contributed by atoms with E-state index in [0.717, 1.165) is 0 Å². The van der Waals surface area contributed by atoms with Crippen LogP contribution in [0, 0.1) is 5.82 Å². The first-order chi connectivity index (χ1) is 13.8. The molecule has 0 bridgehead atoms. The first-order valence-corrected chi connectivity index (χ1v) is 8.44. The number of benzene rings is 1. The van der Waals surface area contributed by atoms with Crippen LogP contribution in [-0.2, 0) is 6.54 Å². The number of ether oxygens (including phenoxy) is 1. The van der Waals surface area contributed by atoms with Gasteiger partial charge in [-0.2, -0.15) is 13.2 Å². The average Bonchev–Trinajstić information content (AvgIpc) is 2.72. The Bertz CT molecular complexity index is 946. The Morgan fingerprint density at radius 1 is 1.03 bits per heavy atom. The van der Waals surface area contributed by atoms with Crippen molar-refractivity contribution in [3.8, 4) is 5.88 Å². The zero-order chi connectivity index (χ0) is 20.9. The van der Waals surface area contributed by atoms with Gasteiger partial charge >= 0.3 is 6.18 Å². The normalized spacial score (nSPS) is 11.2. The Hall–Kier alpha value is -3.49. The van der Waals surface area contributed by atoms with Crippen LogP contribution in [0.25, 0.3) is 0 Å². The third-order valence-corrected chi connectivity index (χ3v) is 3.81. The van der Waals surface area contributed by atoms with Gasteiger partial charge in [0.25, 0.3) is 5.91 Å². The molecule has 0 aliphatic heterocycles. The Labute approximate surface area is 163 Å². The van der Waals surface area contributed by atoms with Crippen molar-refractivity contribution in [1.82, 2.24) is 9.97 Å². The van der Waals surface area contributed by atoms with E-state index in [2.05, 4.69) is 14.7 Å². The number of hydrogen-bond donors (Lipinski definition) is 0. The van der Waals surface area contributed by atoms with Gasteiger partial charge in [-0.15, -0.1) is 0 Å². The zero-order valence-corrected chi connectivity index (χ0v) is 14.9. The van der Waals surface area contributed by atoms with E-state index in [1.807, 2.05) is 0 Å². The summed E-state index contributed by atoms with van der Waals surface area (Å²) in [6.45, 7) is -1.38. The fourth-order valence-corrected chi connectivity index (χ4v) is 2.47. The molecule has 0 saturated heterocycles. The first-order valence-electron chi connectivity index (χ1n) is 8.44. The fourth-order valence-electron chi connectivity index (χ4n) is 2.47. The van der Waals surface area contributed by atoms with Gasteiger partial charge in [0.1, 0.15) is 5.82 Å². The lowest BCUT2D eigenvalue weighted by Crippen LogP contribution is -2.30. The van der Waals surface area contributed by atoms with Crippen molar-refractivity contribution >= 4 is 11.6 Å².